The molecule has 0 spiro atoms. The number of carbonyl (C=O) groups is 1. The number of rotatable bonds is 6. The molecule has 0 saturated heterocycles. The van der Waals surface area contributed by atoms with E-state index >= 15 is 0 Å². The summed E-state index contributed by atoms with van der Waals surface area (Å²) in [4.78, 5) is 12.1. The average Bonchev–Trinajstić information content (AvgIpc) is 3.07. The monoisotopic (exact) mass is 340 g/mol. The molecule has 1 heterocycles. The number of carbonyl (C=O) groups excluding carboxylic acids is 1. The Balaban J connectivity index is 1.48. The predicted octanol–water partition coefficient (Wildman–Crippen LogP) is 3.00. The van der Waals surface area contributed by atoms with Crippen LogP contribution in [0.3, 0.4) is 0 Å². The molecule has 2 aromatic carbocycles. The largest absolute Gasteiger partial charge is 0.454 e. The first-order valence-electron chi connectivity index (χ1n) is 8.48. The van der Waals surface area contributed by atoms with Crippen LogP contribution in [0.1, 0.15) is 35.2 Å². The molecule has 2 N–H and O–H groups in total. The molecule has 0 aliphatic carbocycles. The van der Waals surface area contributed by atoms with E-state index in [1.165, 1.54) is 16.7 Å². The molecule has 1 aliphatic heterocycles. The summed E-state index contributed by atoms with van der Waals surface area (Å²) in [5, 5.41) is 6.21. The highest BCUT2D eigenvalue weighted by Gasteiger charge is 2.14. The molecule has 1 aliphatic rings. The second-order valence-corrected chi connectivity index (χ2v) is 6.43. The van der Waals surface area contributed by atoms with Crippen LogP contribution in [0.25, 0.3) is 0 Å². The number of ether oxygens (including phenoxy) is 2. The molecule has 5 heteroatoms. The standard InChI is InChI=1S/C20H24N2O3/c1-13-4-5-14(2)17(8-13)15(3)21-11-20(23)22-10-16-6-7-18-19(9-16)25-12-24-18/h4-9,15,21H,10-12H2,1-3H3,(H,22,23). The molecular formula is C20H24N2O3. The van der Waals surface area contributed by atoms with Crippen molar-refractivity contribution in [2.24, 2.45) is 0 Å². The molecule has 0 fully saturated rings. The summed E-state index contributed by atoms with van der Waals surface area (Å²) in [6, 6.07) is 12.2. The molecule has 1 amide bonds. The van der Waals surface area contributed by atoms with Crippen molar-refractivity contribution in [3.8, 4) is 11.5 Å². The van der Waals surface area contributed by atoms with Crippen LogP contribution in [0.5, 0.6) is 11.5 Å². The van der Waals surface area contributed by atoms with E-state index in [4.69, 9.17) is 9.47 Å². The van der Waals surface area contributed by atoms with Crippen LogP contribution in [0, 0.1) is 13.8 Å². The smallest absolute Gasteiger partial charge is 0.234 e. The fourth-order valence-corrected chi connectivity index (χ4v) is 2.90. The lowest BCUT2D eigenvalue weighted by Crippen LogP contribution is -2.34. The van der Waals surface area contributed by atoms with Gasteiger partial charge < -0.3 is 20.1 Å². The Morgan fingerprint density at radius 2 is 1.92 bits per heavy atom. The van der Waals surface area contributed by atoms with Gasteiger partial charge in [0.05, 0.1) is 6.54 Å². The number of nitrogens with one attached hydrogen (secondary N) is 2. The van der Waals surface area contributed by atoms with Gasteiger partial charge in [0.2, 0.25) is 12.7 Å². The van der Waals surface area contributed by atoms with Crippen molar-refractivity contribution < 1.29 is 14.3 Å². The number of benzene rings is 2. The van der Waals surface area contributed by atoms with Gasteiger partial charge in [0, 0.05) is 12.6 Å². The van der Waals surface area contributed by atoms with E-state index in [1.807, 2.05) is 18.2 Å². The summed E-state index contributed by atoms with van der Waals surface area (Å²) in [5.74, 6) is 1.45. The summed E-state index contributed by atoms with van der Waals surface area (Å²) in [5.41, 5.74) is 4.66. The third kappa shape index (κ3) is 4.31. The van der Waals surface area contributed by atoms with Gasteiger partial charge in [0.15, 0.2) is 11.5 Å². The van der Waals surface area contributed by atoms with E-state index in [9.17, 15) is 4.79 Å². The molecule has 1 unspecified atom stereocenters. The van der Waals surface area contributed by atoms with Gasteiger partial charge in [-0.3, -0.25) is 4.79 Å². The summed E-state index contributed by atoms with van der Waals surface area (Å²) in [7, 11) is 0. The van der Waals surface area contributed by atoms with Gasteiger partial charge in [-0.15, -0.1) is 0 Å². The normalized spacial score (nSPS) is 13.6. The van der Waals surface area contributed by atoms with Crippen LogP contribution < -0.4 is 20.1 Å². The summed E-state index contributed by atoms with van der Waals surface area (Å²) in [6.45, 7) is 7.24. The third-order valence-electron chi connectivity index (χ3n) is 4.40. The van der Waals surface area contributed by atoms with Crippen LogP contribution in [-0.4, -0.2) is 19.2 Å². The molecule has 1 atom stereocenters. The molecule has 0 radical (unpaired) electrons. The molecule has 25 heavy (non-hydrogen) atoms. The Bertz CT molecular complexity index is 774. The lowest BCUT2D eigenvalue weighted by molar-refractivity contribution is -0.120. The van der Waals surface area contributed by atoms with Crippen LogP contribution in [0.4, 0.5) is 0 Å². The Morgan fingerprint density at radius 1 is 1.12 bits per heavy atom. The van der Waals surface area contributed by atoms with E-state index in [-0.39, 0.29) is 25.3 Å². The summed E-state index contributed by atoms with van der Waals surface area (Å²) >= 11 is 0. The zero-order valence-corrected chi connectivity index (χ0v) is 14.9. The van der Waals surface area contributed by atoms with Crippen LogP contribution >= 0.6 is 0 Å². The maximum absolute atomic E-state index is 12.1. The number of fused-ring (bicyclic) bond motifs is 1. The van der Waals surface area contributed by atoms with E-state index in [0.717, 1.165) is 17.1 Å². The summed E-state index contributed by atoms with van der Waals surface area (Å²) in [6.07, 6.45) is 0. The third-order valence-corrected chi connectivity index (χ3v) is 4.40. The van der Waals surface area contributed by atoms with Gasteiger partial charge in [-0.25, -0.2) is 0 Å². The molecule has 0 bridgehead atoms. The molecule has 132 valence electrons. The first-order valence-corrected chi connectivity index (χ1v) is 8.48. The van der Waals surface area contributed by atoms with Crippen LogP contribution in [0.15, 0.2) is 36.4 Å². The first-order chi connectivity index (χ1) is 12.0. The first kappa shape index (κ1) is 17.3. The van der Waals surface area contributed by atoms with Gasteiger partial charge in [-0.2, -0.15) is 0 Å². The van der Waals surface area contributed by atoms with E-state index in [2.05, 4.69) is 49.6 Å². The van der Waals surface area contributed by atoms with Crippen LogP contribution in [-0.2, 0) is 11.3 Å². The number of hydrogen-bond acceptors (Lipinski definition) is 4. The molecule has 0 saturated carbocycles. The van der Waals surface area contributed by atoms with E-state index in [1.54, 1.807) is 0 Å². The Kier molecular flexibility index (Phi) is 5.24. The van der Waals surface area contributed by atoms with E-state index in [0.29, 0.717) is 6.54 Å². The van der Waals surface area contributed by atoms with Crippen molar-refractivity contribution in [3.05, 3.63) is 58.7 Å². The van der Waals surface area contributed by atoms with Gasteiger partial charge in [0.25, 0.3) is 0 Å². The highest BCUT2D eigenvalue weighted by Crippen LogP contribution is 2.32. The van der Waals surface area contributed by atoms with Crippen molar-refractivity contribution in [2.45, 2.75) is 33.4 Å². The van der Waals surface area contributed by atoms with E-state index < -0.39 is 0 Å². The zero-order chi connectivity index (χ0) is 17.8. The lowest BCUT2D eigenvalue weighted by Gasteiger charge is -2.17. The fourth-order valence-electron chi connectivity index (χ4n) is 2.90. The minimum Gasteiger partial charge on any atom is -0.454 e. The molecule has 2 aromatic rings. The highest BCUT2D eigenvalue weighted by atomic mass is 16.7. The fraction of sp³-hybridized carbons (Fsp3) is 0.350. The zero-order valence-electron chi connectivity index (χ0n) is 14.9. The van der Waals surface area contributed by atoms with Crippen molar-refractivity contribution in [1.82, 2.24) is 10.6 Å². The Morgan fingerprint density at radius 3 is 2.76 bits per heavy atom. The van der Waals surface area contributed by atoms with Gasteiger partial charge in [0.1, 0.15) is 0 Å². The maximum atomic E-state index is 12.1. The van der Waals surface area contributed by atoms with Gasteiger partial charge in [-0.05, 0) is 49.6 Å². The summed E-state index contributed by atoms with van der Waals surface area (Å²) < 4.78 is 10.6. The SMILES string of the molecule is Cc1ccc(C)c(C(C)NCC(=O)NCc2ccc3c(c2)OCO3)c1. The maximum Gasteiger partial charge on any atom is 0.234 e. The number of aryl methyl sites for hydroxylation is 2. The van der Waals surface area contributed by atoms with Crippen molar-refractivity contribution in [3.63, 3.8) is 0 Å². The minimum absolute atomic E-state index is 0.0326. The molecular weight excluding hydrogens is 316 g/mol. The topological polar surface area (TPSA) is 59.6 Å². The van der Waals surface area contributed by atoms with Gasteiger partial charge in [-0.1, -0.05) is 29.8 Å². The highest BCUT2D eigenvalue weighted by molar-refractivity contribution is 5.78. The number of amides is 1. The number of hydrogen-bond donors (Lipinski definition) is 2. The molecule has 0 aromatic heterocycles. The Hall–Kier alpha value is -2.53. The Labute approximate surface area is 148 Å². The minimum atomic E-state index is -0.0326. The van der Waals surface area contributed by atoms with Crippen molar-refractivity contribution >= 4 is 5.91 Å². The van der Waals surface area contributed by atoms with Crippen LogP contribution in [0.2, 0.25) is 0 Å². The van der Waals surface area contributed by atoms with Crippen molar-refractivity contribution in [1.29, 1.82) is 0 Å². The molecule has 3 rings (SSSR count). The van der Waals surface area contributed by atoms with Gasteiger partial charge >= 0.3 is 0 Å². The van der Waals surface area contributed by atoms with Crippen molar-refractivity contribution in [2.75, 3.05) is 13.3 Å². The lowest BCUT2D eigenvalue weighted by atomic mass is 10.00. The quantitative estimate of drug-likeness (QED) is 0.849. The predicted molar refractivity (Wildman–Crippen MR) is 96.7 cm³/mol. The second kappa shape index (κ2) is 7.57. The average molecular weight is 340 g/mol. The second-order valence-electron chi connectivity index (χ2n) is 6.43. The molecule has 5 nitrogen and oxygen atoms in total.